The molecule has 92 valence electrons. The summed E-state index contributed by atoms with van der Waals surface area (Å²) in [5, 5.41) is 4.00. The van der Waals surface area contributed by atoms with E-state index in [1.54, 1.807) is 41.2 Å². The van der Waals surface area contributed by atoms with Crippen molar-refractivity contribution in [2.45, 2.75) is 6.04 Å². The van der Waals surface area contributed by atoms with Gasteiger partial charge in [-0.3, -0.25) is 9.48 Å². The fourth-order valence-electron chi connectivity index (χ4n) is 1.51. The maximum absolute atomic E-state index is 12.1. The van der Waals surface area contributed by atoms with Crippen molar-refractivity contribution in [3.63, 3.8) is 0 Å². The van der Waals surface area contributed by atoms with Gasteiger partial charge in [-0.05, 0) is 0 Å². The molecule has 0 fully saturated rings. The van der Waals surface area contributed by atoms with Gasteiger partial charge in [0.2, 0.25) is 5.91 Å². The Morgan fingerprint density at radius 3 is 2.59 bits per heavy atom. The third-order valence-electron chi connectivity index (χ3n) is 2.36. The second-order valence-electron chi connectivity index (χ2n) is 3.75. The number of aryl methyl sites for hydroxylation is 1. The van der Waals surface area contributed by atoms with Crippen LogP contribution in [0.2, 0.25) is 0 Å². The normalized spacial score (nSPS) is 11.9. The first-order chi connectivity index (χ1) is 8.10. The minimum Gasteiger partial charge on any atom is -0.334 e. The molecule has 2 N–H and O–H groups in total. The highest BCUT2D eigenvalue weighted by molar-refractivity contribution is 5.83. The number of hydrogen-bond acceptors (Lipinski definition) is 3. The van der Waals surface area contributed by atoms with E-state index in [-0.39, 0.29) is 5.91 Å². The Morgan fingerprint density at radius 1 is 1.59 bits per heavy atom. The lowest BCUT2D eigenvalue weighted by Gasteiger charge is -2.22. The molecule has 1 rings (SSSR count). The van der Waals surface area contributed by atoms with E-state index in [2.05, 4.69) is 18.3 Å². The van der Waals surface area contributed by atoms with Crippen LogP contribution in [0.4, 0.5) is 0 Å². The molecule has 0 aliphatic heterocycles. The van der Waals surface area contributed by atoms with Gasteiger partial charge in [0.15, 0.2) is 0 Å². The van der Waals surface area contributed by atoms with Crippen LogP contribution < -0.4 is 5.73 Å². The zero-order valence-corrected chi connectivity index (χ0v) is 10.0. The van der Waals surface area contributed by atoms with Gasteiger partial charge in [0, 0.05) is 31.9 Å². The lowest BCUT2D eigenvalue weighted by molar-refractivity contribution is -0.131. The molecule has 1 atom stereocenters. The highest BCUT2D eigenvalue weighted by Gasteiger charge is 2.21. The molecular formula is C12H18N4O. The summed E-state index contributed by atoms with van der Waals surface area (Å²) in [5.41, 5.74) is 6.60. The fraction of sp³-hybridized carbons (Fsp3) is 0.333. The lowest BCUT2D eigenvalue weighted by Crippen LogP contribution is -2.38. The second kappa shape index (κ2) is 6.00. The monoisotopic (exact) mass is 234 g/mol. The summed E-state index contributed by atoms with van der Waals surface area (Å²) >= 11 is 0. The summed E-state index contributed by atoms with van der Waals surface area (Å²) in [6, 6.07) is -0.691. The second-order valence-corrected chi connectivity index (χ2v) is 3.75. The van der Waals surface area contributed by atoms with E-state index in [4.69, 9.17) is 5.73 Å². The first-order valence-electron chi connectivity index (χ1n) is 5.34. The van der Waals surface area contributed by atoms with Crippen molar-refractivity contribution >= 4 is 5.91 Å². The van der Waals surface area contributed by atoms with Crippen LogP contribution in [0.3, 0.4) is 0 Å². The Balaban J connectivity index is 2.79. The maximum atomic E-state index is 12.1. The molecule has 1 aromatic heterocycles. The highest BCUT2D eigenvalue weighted by Crippen LogP contribution is 2.12. The van der Waals surface area contributed by atoms with Crippen LogP contribution in [-0.4, -0.2) is 33.7 Å². The zero-order valence-electron chi connectivity index (χ0n) is 10.0. The van der Waals surface area contributed by atoms with Gasteiger partial charge in [0.25, 0.3) is 0 Å². The first kappa shape index (κ1) is 13.2. The maximum Gasteiger partial charge on any atom is 0.244 e. The highest BCUT2D eigenvalue weighted by atomic mass is 16.2. The van der Waals surface area contributed by atoms with Crippen LogP contribution in [0.25, 0.3) is 0 Å². The van der Waals surface area contributed by atoms with Crippen molar-refractivity contribution in [2.75, 3.05) is 13.1 Å². The van der Waals surface area contributed by atoms with E-state index < -0.39 is 6.04 Å². The summed E-state index contributed by atoms with van der Waals surface area (Å²) in [6.07, 6.45) is 6.67. The Morgan fingerprint density at radius 2 is 2.18 bits per heavy atom. The number of aromatic nitrogens is 2. The van der Waals surface area contributed by atoms with Crippen molar-refractivity contribution in [3.8, 4) is 0 Å². The topological polar surface area (TPSA) is 64.2 Å². The fourth-order valence-corrected chi connectivity index (χ4v) is 1.51. The van der Waals surface area contributed by atoms with Crippen molar-refractivity contribution in [3.05, 3.63) is 43.3 Å². The van der Waals surface area contributed by atoms with Crippen LogP contribution in [0, 0.1) is 0 Å². The van der Waals surface area contributed by atoms with Gasteiger partial charge in [0.05, 0.1) is 6.20 Å². The summed E-state index contributed by atoms with van der Waals surface area (Å²) in [5.74, 6) is -0.155. The predicted octanol–water partition coefficient (Wildman–Crippen LogP) is 0.620. The minimum absolute atomic E-state index is 0.155. The molecule has 0 aromatic carbocycles. The van der Waals surface area contributed by atoms with Gasteiger partial charge in [-0.1, -0.05) is 12.2 Å². The molecule has 1 aromatic rings. The Hall–Kier alpha value is -1.88. The molecule has 1 amide bonds. The lowest BCUT2D eigenvalue weighted by atomic mass is 10.1. The molecule has 5 heteroatoms. The number of nitrogens with two attached hydrogens (primary N) is 1. The van der Waals surface area contributed by atoms with Gasteiger partial charge in [0.1, 0.15) is 6.04 Å². The molecule has 0 aliphatic rings. The summed E-state index contributed by atoms with van der Waals surface area (Å²) < 4.78 is 1.62. The van der Waals surface area contributed by atoms with E-state index in [0.717, 1.165) is 0 Å². The smallest absolute Gasteiger partial charge is 0.244 e. The predicted molar refractivity (Wildman–Crippen MR) is 67.1 cm³/mol. The van der Waals surface area contributed by atoms with E-state index in [9.17, 15) is 4.79 Å². The molecule has 17 heavy (non-hydrogen) atoms. The van der Waals surface area contributed by atoms with Crippen molar-refractivity contribution < 1.29 is 4.79 Å². The number of rotatable bonds is 6. The minimum atomic E-state index is -0.691. The van der Waals surface area contributed by atoms with E-state index in [0.29, 0.717) is 18.7 Å². The summed E-state index contributed by atoms with van der Waals surface area (Å²) in [7, 11) is 1.78. The van der Waals surface area contributed by atoms with Crippen LogP contribution >= 0.6 is 0 Å². The van der Waals surface area contributed by atoms with Crippen LogP contribution in [0.5, 0.6) is 0 Å². The number of carbonyl (C=O) groups excluding carboxylic acids is 1. The summed E-state index contributed by atoms with van der Waals surface area (Å²) in [4.78, 5) is 13.7. The molecule has 1 unspecified atom stereocenters. The molecule has 5 nitrogen and oxygen atoms in total. The van der Waals surface area contributed by atoms with E-state index in [1.807, 2.05) is 0 Å². The molecule has 0 saturated carbocycles. The standard InChI is InChI=1S/C12H18N4O/c1-4-6-16(7-5-2)12(17)11(13)10-8-14-15(3)9-10/h4-5,8-9,11H,1-2,6-7,13H2,3H3. The number of hydrogen-bond donors (Lipinski definition) is 1. The van der Waals surface area contributed by atoms with Gasteiger partial charge in [-0.25, -0.2) is 0 Å². The van der Waals surface area contributed by atoms with Crippen molar-refractivity contribution in [1.29, 1.82) is 0 Å². The Labute approximate surface area is 101 Å². The molecular weight excluding hydrogens is 216 g/mol. The number of carbonyl (C=O) groups is 1. The van der Waals surface area contributed by atoms with Crippen LogP contribution in [0.15, 0.2) is 37.7 Å². The number of amides is 1. The number of nitrogens with zero attached hydrogens (tertiary/aromatic N) is 3. The largest absolute Gasteiger partial charge is 0.334 e. The summed E-state index contributed by atoms with van der Waals surface area (Å²) in [6.45, 7) is 8.15. The van der Waals surface area contributed by atoms with Gasteiger partial charge in [-0.15, -0.1) is 13.2 Å². The average molecular weight is 234 g/mol. The molecule has 1 heterocycles. The third kappa shape index (κ3) is 3.29. The Kier molecular flexibility index (Phi) is 4.66. The molecule has 0 spiro atoms. The van der Waals surface area contributed by atoms with Crippen molar-refractivity contribution in [2.24, 2.45) is 12.8 Å². The molecule has 0 aliphatic carbocycles. The first-order valence-corrected chi connectivity index (χ1v) is 5.34. The zero-order chi connectivity index (χ0) is 12.8. The molecule has 0 radical (unpaired) electrons. The SMILES string of the molecule is C=CCN(CC=C)C(=O)C(N)c1cnn(C)c1. The quantitative estimate of drug-likeness (QED) is 0.734. The van der Waals surface area contributed by atoms with Gasteiger partial charge < -0.3 is 10.6 Å². The molecule has 0 bridgehead atoms. The van der Waals surface area contributed by atoms with Crippen LogP contribution in [0.1, 0.15) is 11.6 Å². The van der Waals surface area contributed by atoms with E-state index in [1.165, 1.54) is 0 Å². The van der Waals surface area contributed by atoms with Gasteiger partial charge >= 0.3 is 0 Å². The Bertz CT molecular complexity index is 400. The molecule has 0 saturated heterocycles. The average Bonchev–Trinajstić information content (AvgIpc) is 2.73. The van der Waals surface area contributed by atoms with Gasteiger partial charge in [-0.2, -0.15) is 5.10 Å². The van der Waals surface area contributed by atoms with Crippen LogP contribution in [-0.2, 0) is 11.8 Å². The van der Waals surface area contributed by atoms with Crippen molar-refractivity contribution in [1.82, 2.24) is 14.7 Å². The van der Waals surface area contributed by atoms with E-state index >= 15 is 0 Å². The third-order valence-corrected chi connectivity index (χ3v) is 2.36.